The number of amides is 2. The molecule has 2 heterocycles. The maximum atomic E-state index is 12.9. The van der Waals surface area contributed by atoms with Gasteiger partial charge in [-0.1, -0.05) is 17.8 Å². The molecule has 0 bridgehead atoms. The Labute approximate surface area is 183 Å². The lowest BCUT2D eigenvalue weighted by molar-refractivity contribution is -0.116. The second-order valence-corrected chi connectivity index (χ2v) is 8.72. The first-order valence-corrected chi connectivity index (χ1v) is 11.3. The average molecular weight is 460 g/mol. The summed E-state index contributed by atoms with van der Waals surface area (Å²) in [4.78, 5) is 28.8. The van der Waals surface area contributed by atoms with E-state index >= 15 is 0 Å². The van der Waals surface area contributed by atoms with Gasteiger partial charge in [0.2, 0.25) is 11.8 Å². The molecule has 0 saturated heterocycles. The molecular formula is C19H14FN5O2S3. The Hall–Kier alpha value is -2.89. The van der Waals surface area contributed by atoms with E-state index in [0.717, 1.165) is 17.2 Å². The Morgan fingerprint density at radius 1 is 1.03 bits per heavy atom. The summed E-state index contributed by atoms with van der Waals surface area (Å²) in [5.41, 5.74) is 3.18. The molecule has 152 valence electrons. The molecule has 0 radical (unpaired) electrons. The van der Waals surface area contributed by atoms with Gasteiger partial charge in [0.15, 0.2) is 4.34 Å². The van der Waals surface area contributed by atoms with Gasteiger partial charge in [-0.25, -0.2) is 9.37 Å². The quantitative estimate of drug-likeness (QED) is 0.402. The summed E-state index contributed by atoms with van der Waals surface area (Å²) in [5, 5.41) is 7.33. The van der Waals surface area contributed by atoms with E-state index in [2.05, 4.69) is 24.4 Å². The Kier molecular flexibility index (Phi) is 6.31. The van der Waals surface area contributed by atoms with Crippen molar-refractivity contribution in [3.63, 3.8) is 0 Å². The zero-order chi connectivity index (χ0) is 20.9. The van der Waals surface area contributed by atoms with Crippen LogP contribution in [0.25, 0.3) is 11.0 Å². The van der Waals surface area contributed by atoms with E-state index in [0.29, 0.717) is 26.9 Å². The molecule has 0 fully saturated rings. The highest BCUT2D eigenvalue weighted by Gasteiger charge is 2.12. The van der Waals surface area contributed by atoms with Gasteiger partial charge in [-0.2, -0.15) is 8.75 Å². The van der Waals surface area contributed by atoms with Crippen LogP contribution in [-0.4, -0.2) is 31.3 Å². The summed E-state index contributed by atoms with van der Waals surface area (Å²) < 4.78 is 22.0. The standard InChI is InChI=1S/C19H14FN5O2S3/c20-11-4-6-12(7-5-11)21-17(27)10-29-19-22-13(9-28-19)8-16(26)23-14-2-1-3-15-18(14)25-30-24-15/h1-7,9H,8,10H2,(H,21,27)(H,23,26). The molecule has 0 unspecified atom stereocenters. The maximum absolute atomic E-state index is 12.9. The number of anilines is 2. The number of thiazole rings is 1. The van der Waals surface area contributed by atoms with E-state index in [1.807, 2.05) is 12.1 Å². The summed E-state index contributed by atoms with van der Waals surface area (Å²) in [6.07, 6.45) is 0.118. The normalized spacial score (nSPS) is 10.8. The van der Waals surface area contributed by atoms with Crippen LogP contribution < -0.4 is 10.6 Å². The van der Waals surface area contributed by atoms with Crippen molar-refractivity contribution in [1.29, 1.82) is 0 Å². The number of nitrogens with zero attached hydrogens (tertiary/aromatic N) is 3. The number of carbonyl (C=O) groups is 2. The maximum Gasteiger partial charge on any atom is 0.234 e. The van der Waals surface area contributed by atoms with Gasteiger partial charge in [-0.15, -0.1) is 11.3 Å². The van der Waals surface area contributed by atoms with Crippen LogP contribution in [0.4, 0.5) is 15.8 Å². The SMILES string of the molecule is O=C(CSc1nc(CC(=O)Nc2cccc3nsnc23)cs1)Nc1ccc(F)cc1. The van der Waals surface area contributed by atoms with Gasteiger partial charge in [-0.05, 0) is 36.4 Å². The summed E-state index contributed by atoms with van der Waals surface area (Å²) in [7, 11) is 0. The van der Waals surface area contributed by atoms with Crippen molar-refractivity contribution >= 4 is 69.0 Å². The van der Waals surface area contributed by atoms with Crippen molar-refractivity contribution in [2.45, 2.75) is 10.8 Å². The largest absolute Gasteiger partial charge is 0.325 e. The summed E-state index contributed by atoms with van der Waals surface area (Å²) >= 11 is 3.75. The van der Waals surface area contributed by atoms with E-state index in [1.54, 1.807) is 11.4 Å². The number of carbonyl (C=O) groups excluding carboxylic acids is 2. The minimum Gasteiger partial charge on any atom is -0.325 e. The van der Waals surface area contributed by atoms with Gasteiger partial charge in [0, 0.05) is 11.1 Å². The fraction of sp³-hybridized carbons (Fsp3) is 0.105. The average Bonchev–Trinajstić information content (AvgIpc) is 3.38. The molecule has 0 spiro atoms. The number of hydrogen-bond acceptors (Lipinski definition) is 8. The van der Waals surface area contributed by atoms with Gasteiger partial charge < -0.3 is 10.6 Å². The van der Waals surface area contributed by atoms with E-state index < -0.39 is 0 Å². The predicted octanol–water partition coefficient (Wildman–Crippen LogP) is 4.20. The first kappa shape index (κ1) is 20.4. The van der Waals surface area contributed by atoms with Crippen LogP contribution in [0.1, 0.15) is 5.69 Å². The molecule has 4 aromatic rings. The molecule has 30 heavy (non-hydrogen) atoms. The minimum atomic E-state index is -0.360. The highest BCUT2D eigenvalue weighted by molar-refractivity contribution is 8.01. The van der Waals surface area contributed by atoms with Crippen LogP contribution in [-0.2, 0) is 16.0 Å². The van der Waals surface area contributed by atoms with Crippen LogP contribution in [0, 0.1) is 5.82 Å². The zero-order valence-corrected chi connectivity index (χ0v) is 17.7. The first-order valence-electron chi connectivity index (χ1n) is 8.70. The highest BCUT2D eigenvalue weighted by atomic mass is 32.2. The third kappa shape index (κ3) is 5.17. The molecule has 2 aromatic carbocycles. The van der Waals surface area contributed by atoms with Gasteiger partial charge in [0.1, 0.15) is 16.9 Å². The Morgan fingerprint density at radius 2 is 1.87 bits per heavy atom. The molecule has 2 amide bonds. The zero-order valence-electron chi connectivity index (χ0n) is 15.3. The monoisotopic (exact) mass is 459 g/mol. The van der Waals surface area contributed by atoms with Crippen molar-refractivity contribution in [2.75, 3.05) is 16.4 Å². The number of aromatic nitrogens is 3. The van der Waals surface area contributed by atoms with Crippen LogP contribution >= 0.6 is 34.8 Å². The first-order chi connectivity index (χ1) is 14.6. The van der Waals surface area contributed by atoms with Crippen LogP contribution in [0.5, 0.6) is 0 Å². The minimum absolute atomic E-state index is 0.118. The van der Waals surface area contributed by atoms with E-state index in [9.17, 15) is 14.0 Å². The predicted molar refractivity (Wildman–Crippen MR) is 118 cm³/mol. The molecule has 0 atom stereocenters. The Bertz CT molecular complexity index is 1190. The summed E-state index contributed by atoms with van der Waals surface area (Å²) in [6, 6.07) is 11.0. The summed E-state index contributed by atoms with van der Waals surface area (Å²) in [5.74, 6) is -0.617. The molecule has 4 rings (SSSR count). The second-order valence-electron chi connectivity index (χ2n) is 6.11. The van der Waals surface area contributed by atoms with Crippen molar-refractivity contribution < 1.29 is 14.0 Å². The number of benzene rings is 2. The van der Waals surface area contributed by atoms with Crippen LogP contribution in [0.15, 0.2) is 52.2 Å². The fourth-order valence-corrected chi connectivity index (χ4v) is 4.75. The molecule has 2 N–H and O–H groups in total. The molecule has 0 saturated carbocycles. The number of hydrogen-bond donors (Lipinski definition) is 2. The fourth-order valence-electron chi connectivity index (χ4n) is 2.56. The highest BCUT2D eigenvalue weighted by Crippen LogP contribution is 2.24. The second kappa shape index (κ2) is 9.28. The van der Waals surface area contributed by atoms with Crippen molar-refractivity contribution in [2.24, 2.45) is 0 Å². The van der Waals surface area contributed by atoms with Crippen molar-refractivity contribution in [3.05, 3.63) is 59.4 Å². The number of halogens is 1. The Morgan fingerprint density at radius 3 is 2.70 bits per heavy atom. The third-order valence-electron chi connectivity index (χ3n) is 3.89. The van der Waals surface area contributed by atoms with E-state index in [4.69, 9.17) is 0 Å². The topological polar surface area (TPSA) is 96.9 Å². The smallest absolute Gasteiger partial charge is 0.234 e. The lowest BCUT2D eigenvalue weighted by atomic mass is 10.2. The third-order valence-corrected chi connectivity index (χ3v) is 6.50. The number of fused-ring (bicyclic) bond motifs is 1. The molecule has 0 aliphatic heterocycles. The lowest BCUT2D eigenvalue weighted by Gasteiger charge is -2.04. The summed E-state index contributed by atoms with van der Waals surface area (Å²) in [6.45, 7) is 0. The molecule has 7 nitrogen and oxygen atoms in total. The van der Waals surface area contributed by atoms with Crippen molar-refractivity contribution in [3.8, 4) is 0 Å². The van der Waals surface area contributed by atoms with Gasteiger partial charge in [-0.3, -0.25) is 9.59 Å². The molecular weight excluding hydrogens is 445 g/mol. The van der Waals surface area contributed by atoms with Gasteiger partial charge in [0.05, 0.1) is 35.3 Å². The number of nitrogens with one attached hydrogen (secondary N) is 2. The lowest BCUT2D eigenvalue weighted by Crippen LogP contribution is -2.15. The van der Waals surface area contributed by atoms with E-state index in [-0.39, 0.29) is 29.8 Å². The van der Waals surface area contributed by atoms with Gasteiger partial charge >= 0.3 is 0 Å². The molecule has 0 aliphatic rings. The number of rotatable bonds is 7. The number of thioether (sulfide) groups is 1. The van der Waals surface area contributed by atoms with Gasteiger partial charge in [0.25, 0.3) is 0 Å². The molecule has 0 aliphatic carbocycles. The van der Waals surface area contributed by atoms with E-state index in [1.165, 1.54) is 47.4 Å². The van der Waals surface area contributed by atoms with Crippen LogP contribution in [0.2, 0.25) is 0 Å². The molecule has 2 aromatic heterocycles. The van der Waals surface area contributed by atoms with Crippen LogP contribution in [0.3, 0.4) is 0 Å². The Balaban J connectivity index is 1.28. The molecule has 11 heteroatoms. The van der Waals surface area contributed by atoms with Crippen molar-refractivity contribution in [1.82, 2.24) is 13.7 Å².